The van der Waals surface area contributed by atoms with E-state index < -0.39 is 0 Å². The van der Waals surface area contributed by atoms with Gasteiger partial charge in [-0.25, -0.2) is 0 Å². The maximum absolute atomic E-state index is 5.61. The molecule has 1 aromatic heterocycles. The average molecular weight is 226 g/mol. The number of aromatic nitrogens is 4. The number of nitrogens with zero attached hydrogens (tertiary/aromatic N) is 4. The molecule has 2 N–H and O–H groups in total. The zero-order chi connectivity index (χ0) is 9.97. The summed E-state index contributed by atoms with van der Waals surface area (Å²) in [5.41, 5.74) is 7.59. The lowest BCUT2D eigenvalue weighted by Crippen LogP contribution is -1.99. The lowest BCUT2D eigenvalue weighted by molar-refractivity contribution is 0.630. The van der Waals surface area contributed by atoms with E-state index in [0.29, 0.717) is 12.4 Å². The van der Waals surface area contributed by atoms with Crippen LogP contribution in [0.15, 0.2) is 24.3 Å². The summed E-state index contributed by atoms with van der Waals surface area (Å²) < 4.78 is 0. The largest absolute Gasteiger partial charge is 0.326 e. The third-order valence-electron chi connectivity index (χ3n) is 1.99. The molecule has 0 bridgehead atoms. The van der Waals surface area contributed by atoms with Crippen LogP contribution >= 0.6 is 12.4 Å². The number of aryl methyl sites for hydroxylation is 1. The van der Waals surface area contributed by atoms with Crippen LogP contribution in [0.1, 0.15) is 5.56 Å². The van der Waals surface area contributed by atoms with Gasteiger partial charge < -0.3 is 5.73 Å². The monoisotopic (exact) mass is 225 g/mol. The lowest BCUT2D eigenvalue weighted by Gasteiger charge is -2.01. The Balaban J connectivity index is 0.00000112. The van der Waals surface area contributed by atoms with Crippen molar-refractivity contribution in [3.05, 3.63) is 29.8 Å². The number of nitrogens with two attached hydrogens (primary N) is 1. The van der Waals surface area contributed by atoms with Crippen molar-refractivity contribution < 1.29 is 0 Å². The molecule has 15 heavy (non-hydrogen) atoms. The van der Waals surface area contributed by atoms with Crippen molar-refractivity contribution in [2.45, 2.75) is 6.54 Å². The van der Waals surface area contributed by atoms with Crippen LogP contribution in [0.2, 0.25) is 0 Å². The summed E-state index contributed by atoms with van der Waals surface area (Å²) in [6.07, 6.45) is 0. The van der Waals surface area contributed by atoms with Crippen LogP contribution in [0.4, 0.5) is 0 Å². The molecule has 2 rings (SSSR count). The molecule has 0 aliphatic rings. The van der Waals surface area contributed by atoms with Crippen LogP contribution in [0, 0.1) is 0 Å². The normalized spacial score (nSPS) is 9.73. The highest BCUT2D eigenvalue weighted by atomic mass is 35.5. The Morgan fingerprint density at radius 1 is 1.33 bits per heavy atom. The molecule has 1 heterocycles. The third kappa shape index (κ3) is 2.31. The molecule has 0 amide bonds. The minimum absolute atomic E-state index is 0. The second-order valence-corrected chi connectivity index (χ2v) is 2.96. The highest BCUT2D eigenvalue weighted by Crippen LogP contribution is 2.18. The van der Waals surface area contributed by atoms with Gasteiger partial charge in [0.1, 0.15) is 0 Å². The molecule has 0 aliphatic carbocycles. The number of halogens is 1. The third-order valence-corrected chi connectivity index (χ3v) is 1.99. The minimum Gasteiger partial charge on any atom is -0.326 e. The van der Waals surface area contributed by atoms with Gasteiger partial charge in [0.2, 0.25) is 5.82 Å². The Labute approximate surface area is 93.7 Å². The van der Waals surface area contributed by atoms with E-state index in [-0.39, 0.29) is 12.4 Å². The van der Waals surface area contributed by atoms with Crippen LogP contribution in [0.25, 0.3) is 11.4 Å². The Hall–Kier alpha value is -1.46. The summed E-state index contributed by atoms with van der Waals surface area (Å²) >= 11 is 0. The molecule has 0 atom stereocenters. The molecular weight excluding hydrogens is 214 g/mol. The molecule has 2 aromatic rings. The van der Waals surface area contributed by atoms with Crippen molar-refractivity contribution >= 4 is 12.4 Å². The quantitative estimate of drug-likeness (QED) is 0.819. The van der Waals surface area contributed by atoms with Crippen molar-refractivity contribution in [2.75, 3.05) is 0 Å². The van der Waals surface area contributed by atoms with Gasteiger partial charge in [-0.3, -0.25) is 0 Å². The van der Waals surface area contributed by atoms with Crippen molar-refractivity contribution in [1.29, 1.82) is 0 Å². The lowest BCUT2D eigenvalue weighted by atomic mass is 10.1. The molecule has 0 saturated heterocycles. The van der Waals surface area contributed by atoms with Gasteiger partial charge in [-0.2, -0.15) is 4.80 Å². The predicted molar refractivity (Wildman–Crippen MR) is 59.4 cm³/mol. The Kier molecular flexibility index (Phi) is 3.76. The summed E-state index contributed by atoms with van der Waals surface area (Å²) in [4.78, 5) is 1.43. The number of tetrazole rings is 1. The highest BCUT2D eigenvalue weighted by Gasteiger charge is 2.07. The first-order valence-corrected chi connectivity index (χ1v) is 4.33. The van der Waals surface area contributed by atoms with Crippen molar-refractivity contribution in [3.8, 4) is 11.4 Å². The van der Waals surface area contributed by atoms with Gasteiger partial charge in [0, 0.05) is 12.1 Å². The number of hydrogen-bond donors (Lipinski definition) is 1. The fourth-order valence-corrected chi connectivity index (χ4v) is 1.31. The summed E-state index contributed by atoms with van der Waals surface area (Å²) in [6, 6.07) is 7.79. The number of benzene rings is 1. The summed E-state index contributed by atoms with van der Waals surface area (Å²) in [7, 11) is 1.74. The van der Waals surface area contributed by atoms with Crippen LogP contribution in [0.3, 0.4) is 0 Å². The van der Waals surface area contributed by atoms with Gasteiger partial charge in [0.15, 0.2) is 0 Å². The zero-order valence-corrected chi connectivity index (χ0v) is 9.11. The van der Waals surface area contributed by atoms with E-state index >= 15 is 0 Å². The fourth-order valence-electron chi connectivity index (χ4n) is 1.31. The van der Waals surface area contributed by atoms with Crippen molar-refractivity contribution in [2.24, 2.45) is 12.8 Å². The Morgan fingerprint density at radius 2 is 2.07 bits per heavy atom. The van der Waals surface area contributed by atoms with Gasteiger partial charge in [-0.15, -0.1) is 22.6 Å². The van der Waals surface area contributed by atoms with Gasteiger partial charge >= 0.3 is 0 Å². The number of hydrogen-bond acceptors (Lipinski definition) is 4. The Morgan fingerprint density at radius 3 is 2.67 bits per heavy atom. The van der Waals surface area contributed by atoms with E-state index in [1.165, 1.54) is 4.80 Å². The van der Waals surface area contributed by atoms with Crippen molar-refractivity contribution in [3.63, 3.8) is 0 Å². The summed E-state index contributed by atoms with van der Waals surface area (Å²) in [5, 5.41) is 11.9. The first-order valence-electron chi connectivity index (χ1n) is 4.33. The molecule has 0 spiro atoms. The smallest absolute Gasteiger partial charge is 0.205 e. The van der Waals surface area contributed by atoms with Crippen LogP contribution in [-0.4, -0.2) is 20.2 Å². The van der Waals surface area contributed by atoms with E-state index in [1.54, 1.807) is 7.05 Å². The molecule has 0 saturated carbocycles. The first-order chi connectivity index (χ1) is 6.81. The van der Waals surface area contributed by atoms with Crippen LogP contribution in [0.5, 0.6) is 0 Å². The number of rotatable bonds is 2. The average Bonchev–Trinajstić information content (AvgIpc) is 2.65. The van der Waals surface area contributed by atoms with E-state index in [2.05, 4.69) is 15.4 Å². The molecule has 80 valence electrons. The topological polar surface area (TPSA) is 69.6 Å². The fraction of sp³-hybridized carbons (Fsp3) is 0.222. The molecular formula is C9H12ClN5. The van der Waals surface area contributed by atoms with Gasteiger partial charge in [-0.1, -0.05) is 24.3 Å². The SMILES string of the molecule is Cl.Cn1nnc(-c2ccccc2CN)n1. The van der Waals surface area contributed by atoms with E-state index in [9.17, 15) is 0 Å². The van der Waals surface area contributed by atoms with Gasteiger partial charge in [0.05, 0.1) is 7.05 Å². The van der Waals surface area contributed by atoms with Gasteiger partial charge in [0.25, 0.3) is 0 Å². The van der Waals surface area contributed by atoms with Crippen molar-refractivity contribution in [1.82, 2.24) is 20.2 Å². The van der Waals surface area contributed by atoms with E-state index in [4.69, 9.17) is 5.73 Å². The standard InChI is InChI=1S/C9H11N5.ClH/c1-14-12-9(11-13-14)8-5-3-2-4-7(8)6-10;/h2-5H,6,10H2,1H3;1H. The molecule has 1 aromatic carbocycles. The zero-order valence-electron chi connectivity index (χ0n) is 8.29. The van der Waals surface area contributed by atoms with E-state index in [0.717, 1.165) is 11.1 Å². The van der Waals surface area contributed by atoms with E-state index in [1.807, 2.05) is 24.3 Å². The minimum atomic E-state index is 0. The predicted octanol–water partition coefficient (Wildman–Crippen LogP) is 0.758. The van der Waals surface area contributed by atoms with Crippen LogP contribution in [-0.2, 0) is 13.6 Å². The maximum atomic E-state index is 5.61. The second kappa shape index (κ2) is 4.86. The molecule has 0 aliphatic heterocycles. The Bertz CT molecular complexity index is 440. The molecule has 5 nitrogen and oxygen atoms in total. The van der Waals surface area contributed by atoms with Gasteiger partial charge in [-0.05, 0) is 10.8 Å². The molecule has 0 unspecified atom stereocenters. The van der Waals surface area contributed by atoms with Crippen LogP contribution < -0.4 is 5.73 Å². The molecule has 6 heteroatoms. The maximum Gasteiger partial charge on any atom is 0.205 e. The second-order valence-electron chi connectivity index (χ2n) is 2.96. The summed E-state index contributed by atoms with van der Waals surface area (Å²) in [5.74, 6) is 0.619. The summed E-state index contributed by atoms with van der Waals surface area (Å²) in [6.45, 7) is 0.481. The molecule has 0 radical (unpaired) electrons. The highest BCUT2D eigenvalue weighted by molar-refractivity contribution is 5.85. The first kappa shape index (κ1) is 11.6. The molecule has 0 fully saturated rings.